The largest absolute Gasteiger partial charge is 0.277 e. The molecule has 2 N–H and O–H groups in total. The first-order valence-electron chi connectivity index (χ1n) is 9.92. The van der Waals surface area contributed by atoms with Gasteiger partial charge in [-0.1, -0.05) is 19.1 Å². The fourth-order valence-electron chi connectivity index (χ4n) is 3.45. The van der Waals surface area contributed by atoms with Crippen molar-refractivity contribution in [1.82, 2.24) is 24.8 Å². The predicted molar refractivity (Wildman–Crippen MR) is 116 cm³/mol. The maximum atomic E-state index is 13.2. The Kier molecular flexibility index (Phi) is 5.48. The topological polar surface area (TPSA) is 93.8 Å². The molecule has 1 amide bonds. The highest BCUT2D eigenvalue weighted by atomic mass is 19.1. The number of carbonyl (C=O) groups excluding carboxylic acids is 1. The molecule has 4 aromatic rings. The van der Waals surface area contributed by atoms with E-state index in [9.17, 15) is 14.0 Å². The Labute approximate surface area is 177 Å². The van der Waals surface area contributed by atoms with Gasteiger partial charge in [-0.2, -0.15) is 5.10 Å². The SMILES string of the molecule is CCc1c(C(=O)NNc2nc3ccccc3c(=O)n2CC)cnn1-c1ccc(F)cc1. The molecule has 2 aromatic carbocycles. The monoisotopic (exact) mass is 420 g/mol. The molecule has 9 heteroatoms. The molecule has 0 aliphatic carbocycles. The lowest BCUT2D eigenvalue weighted by Gasteiger charge is -2.14. The van der Waals surface area contributed by atoms with Gasteiger partial charge >= 0.3 is 0 Å². The minimum Gasteiger partial charge on any atom is -0.277 e. The summed E-state index contributed by atoms with van der Waals surface area (Å²) >= 11 is 0. The van der Waals surface area contributed by atoms with E-state index in [1.165, 1.54) is 22.9 Å². The third-order valence-electron chi connectivity index (χ3n) is 4.99. The van der Waals surface area contributed by atoms with Crippen molar-refractivity contribution in [2.45, 2.75) is 26.8 Å². The zero-order chi connectivity index (χ0) is 22.0. The summed E-state index contributed by atoms with van der Waals surface area (Å²) in [6.45, 7) is 4.12. The zero-order valence-electron chi connectivity index (χ0n) is 17.1. The smallest absolute Gasteiger partial charge is 0.273 e. The standard InChI is InChI=1S/C22H21FN6O2/c1-3-19-17(13-24-29(19)15-11-9-14(23)10-12-15)20(30)26-27-22-25-18-8-6-5-7-16(18)21(31)28(22)4-2/h5-13H,3-4H2,1-2H3,(H,25,27)(H,26,30). The van der Waals surface area contributed by atoms with Crippen LogP contribution in [0.15, 0.2) is 59.5 Å². The minimum absolute atomic E-state index is 0.191. The molecule has 0 spiro atoms. The van der Waals surface area contributed by atoms with E-state index in [0.29, 0.717) is 40.8 Å². The van der Waals surface area contributed by atoms with Crippen LogP contribution in [-0.2, 0) is 13.0 Å². The van der Waals surface area contributed by atoms with Crippen molar-refractivity contribution >= 4 is 22.8 Å². The first-order chi connectivity index (χ1) is 15.0. The van der Waals surface area contributed by atoms with Crippen LogP contribution in [0.3, 0.4) is 0 Å². The van der Waals surface area contributed by atoms with E-state index in [2.05, 4.69) is 20.9 Å². The summed E-state index contributed by atoms with van der Waals surface area (Å²) in [7, 11) is 0. The Morgan fingerprint density at radius 2 is 1.84 bits per heavy atom. The average Bonchev–Trinajstić information content (AvgIpc) is 3.22. The second kappa shape index (κ2) is 8.39. The molecule has 4 rings (SSSR count). The van der Waals surface area contributed by atoms with E-state index < -0.39 is 5.91 Å². The molecule has 2 heterocycles. The third-order valence-corrected chi connectivity index (χ3v) is 4.99. The van der Waals surface area contributed by atoms with Crippen molar-refractivity contribution in [3.63, 3.8) is 0 Å². The van der Waals surface area contributed by atoms with Crippen LogP contribution in [0.5, 0.6) is 0 Å². The normalized spacial score (nSPS) is 10.9. The Morgan fingerprint density at radius 3 is 2.55 bits per heavy atom. The molecule has 0 fully saturated rings. The van der Waals surface area contributed by atoms with Crippen LogP contribution in [0.1, 0.15) is 29.9 Å². The number of anilines is 1. The van der Waals surface area contributed by atoms with Gasteiger partial charge < -0.3 is 0 Å². The zero-order valence-corrected chi connectivity index (χ0v) is 17.1. The van der Waals surface area contributed by atoms with Crippen molar-refractivity contribution in [1.29, 1.82) is 0 Å². The van der Waals surface area contributed by atoms with Crippen LogP contribution in [-0.4, -0.2) is 25.2 Å². The number of benzene rings is 2. The Hall–Kier alpha value is -4.01. The third kappa shape index (κ3) is 3.77. The number of nitrogens with zero attached hydrogens (tertiary/aromatic N) is 4. The molecule has 0 saturated heterocycles. The van der Waals surface area contributed by atoms with Crippen LogP contribution in [0.4, 0.5) is 10.3 Å². The number of nitrogens with one attached hydrogen (secondary N) is 2. The number of amides is 1. The van der Waals surface area contributed by atoms with E-state index in [1.54, 1.807) is 41.1 Å². The molecule has 0 aliphatic rings. The van der Waals surface area contributed by atoms with Crippen LogP contribution in [0, 0.1) is 5.82 Å². The van der Waals surface area contributed by atoms with Crippen molar-refractivity contribution in [2.24, 2.45) is 0 Å². The minimum atomic E-state index is -0.421. The molecule has 8 nitrogen and oxygen atoms in total. The number of hydrogen-bond donors (Lipinski definition) is 2. The number of para-hydroxylation sites is 1. The summed E-state index contributed by atoms with van der Waals surface area (Å²) in [6, 6.07) is 12.9. The van der Waals surface area contributed by atoms with Gasteiger partial charge in [0.2, 0.25) is 5.95 Å². The van der Waals surface area contributed by atoms with E-state index in [-0.39, 0.29) is 17.3 Å². The van der Waals surface area contributed by atoms with Crippen LogP contribution in [0.2, 0.25) is 0 Å². The van der Waals surface area contributed by atoms with Crippen molar-refractivity contribution in [3.8, 4) is 5.69 Å². The van der Waals surface area contributed by atoms with Crippen molar-refractivity contribution in [2.75, 3.05) is 5.43 Å². The molecule has 0 unspecified atom stereocenters. The maximum Gasteiger partial charge on any atom is 0.273 e. The number of carbonyl (C=O) groups is 1. The lowest BCUT2D eigenvalue weighted by Crippen LogP contribution is -2.34. The lowest BCUT2D eigenvalue weighted by molar-refractivity contribution is 0.0961. The predicted octanol–water partition coefficient (Wildman–Crippen LogP) is 3.06. The van der Waals surface area contributed by atoms with E-state index in [4.69, 9.17) is 0 Å². The second-order valence-corrected chi connectivity index (χ2v) is 6.83. The lowest BCUT2D eigenvalue weighted by atomic mass is 10.2. The van der Waals surface area contributed by atoms with Gasteiger partial charge in [0.05, 0.1) is 34.0 Å². The number of aromatic nitrogens is 4. The van der Waals surface area contributed by atoms with Gasteiger partial charge in [-0.15, -0.1) is 0 Å². The van der Waals surface area contributed by atoms with Gasteiger partial charge in [0.1, 0.15) is 5.82 Å². The Balaban J connectivity index is 1.61. The van der Waals surface area contributed by atoms with E-state index in [0.717, 1.165) is 0 Å². The molecule has 2 aromatic heterocycles. The molecular formula is C22H21FN6O2. The molecule has 158 valence electrons. The number of hydrazine groups is 1. The summed E-state index contributed by atoms with van der Waals surface area (Å²) in [4.78, 5) is 30.0. The average molecular weight is 420 g/mol. The van der Waals surface area contributed by atoms with Crippen molar-refractivity contribution in [3.05, 3.63) is 82.2 Å². The molecule has 0 atom stereocenters. The van der Waals surface area contributed by atoms with Gasteiger partial charge in [-0.05, 0) is 49.7 Å². The van der Waals surface area contributed by atoms with Crippen LogP contribution >= 0.6 is 0 Å². The van der Waals surface area contributed by atoms with Crippen LogP contribution in [0.25, 0.3) is 16.6 Å². The Morgan fingerprint density at radius 1 is 1.10 bits per heavy atom. The van der Waals surface area contributed by atoms with Gasteiger partial charge in [-0.3, -0.25) is 25.0 Å². The quantitative estimate of drug-likeness (QED) is 0.468. The van der Waals surface area contributed by atoms with Crippen LogP contribution < -0.4 is 16.4 Å². The summed E-state index contributed by atoms with van der Waals surface area (Å²) in [5.74, 6) is -0.528. The summed E-state index contributed by atoms with van der Waals surface area (Å²) < 4.78 is 16.3. The first-order valence-corrected chi connectivity index (χ1v) is 9.92. The van der Waals surface area contributed by atoms with Crippen molar-refractivity contribution < 1.29 is 9.18 Å². The highest BCUT2D eigenvalue weighted by molar-refractivity contribution is 5.96. The van der Waals surface area contributed by atoms with Gasteiger partial charge in [-0.25, -0.2) is 14.1 Å². The van der Waals surface area contributed by atoms with Gasteiger partial charge in [0.15, 0.2) is 0 Å². The van der Waals surface area contributed by atoms with Gasteiger partial charge in [0, 0.05) is 6.54 Å². The molecule has 0 aliphatic heterocycles. The molecular weight excluding hydrogens is 399 g/mol. The van der Waals surface area contributed by atoms with E-state index >= 15 is 0 Å². The highest BCUT2D eigenvalue weighted by Gasteiger charge is 2.18. The maximum absolute atomic E-state index is 13.2. The summed E-state index contributed by atoms with van der Waals surface area (Å²) in [6.07, 6.45) is 1.99. The molecule has 31 heavy (non-hydrogen) atoms. The number of hydrogen-bond acceptors (Lipinski definition) is 5. The summed E-state index contributed by atoms with van der Waals surface area (Å²) in [5, 5.41) is 4.80. The fourth-order valence-corrected chi connectivity index (χ4v) is 3.45. The second-order valence-electron chi connectivity index (χ2n) is 6.83. The van der Waals surface area contributed by atoms with E-state index in [1.807, 2.05) is 13.8 Å². The first kappa shape index (κ1) is 20.3. The number of halogens is 1. The molecule has 0 radical (unpaired) electrons. The fraction of sp³-hybridized carbons (Fsp3) is 0.182. The Bertz CT molecular complexity index is 1310. The molecule has 0 saturated carbocycles. The van der Waals surface area contributed by atoms with Gasteiger partial charge in [0.25, 0.3) is 11.5 Å². The highest BCUT2D eigenvalue weighted by Crippen LogP contribution is 2.17. The number of rotatable bonds is 6. The summed E-state index contributed by atoms with van der Waals surface area (Å²) in [5.41, 5.74) is 7.41. The molecule has 0 bridgehead atoms. The number of fused-ring (bicyclic) bond motifs is 1.